The zero-order chi connectivity index (χ0) is 19.3. The van der Waals surface area contributed by atoms with Gasteiger partial charge < -0.3 is 4.79 Å². The number of rotatable bonds is 17. The van der Waals surface area contributed by atoms with Crippen molar-refractivity contribution in [1.29, 1.82) is 0 Å². The molecule has 0 rings (SSSR count). The first-order valence-corrected chi connectivity index (χ1v) is 9.94. The Kier molecular flexibility index (Phi) is 17.9. The van der Waals surface area contributed by atoms with Crippen molar-refractivity contribution in [2.24, 2.45) is 0 Å². The highest BCUT2D eigenvalue weighted by molar-refractivity contribution is 5.48. The zero-order valence-electron chi connectivity index (χ0n) is 16.3. The molecule has 0 spiro atoms. The Bertz CT molecular complexity index is 476. The minimum absolute atomic E-state index is 0.263. The van der Waals surface area contributed by atoms with E-state index >= 15 is 0 Å². The summed E-state index contributed by atoms with van der Waals surface area (Å²) in [5.74, 6) is 0. The SMILES string of the molecule is CCCCC/C=C\C/C=C(\C/C=C\C/C=C\CCCCCC=O)[N+](=O)[O-]. The van der Waals surface area contributed by atoms with Crippen LogP contribution in [0.25, 0.3) is 0 Å². The molecule has 0 N–H and O–H groups in total. The molecule has 0 aliphatic rings. The Morgan fingerprint density at radius 1 is 0.808 bits per heavy atom. The number of hydrogen-bond donors (Lipinski definition) is 0. The van der Waals surface area contributed by atoms with E-state index in [1.807, 2.05) is 18.2 Å². The summed E-state index contributed by atoms with van der Waals surface area (Å²) in [6.07, 6.45) is 26.2. The highest BCUT2D eigenvalue weighted by Gasteiger charge is 2.06. The molecule has 0 unspecified atom stereocenters. The summed E-state index contributed by atoms with van der Waals surface area (Å²) in [6, 6.07) is 0. The van der Waals surface area contributed by atoms with Gasteiger partial charge in [0, 0.05) is 6.42 Å². The van der Waals surface area contributed by atoms with E-state index in [9.17, 15) is 14.9 Å². The summed E-state index contributed by atoms with van der Waals surface area (Å²) < 4.78 is 0. The molecule has 4 nitrogen and oxygen atoms in total. The molecule has 0 aliphatic heterocycles. The number of carbonyl (C=O) groups is 1. The molecule has 0 radical (unpaired) electrons. The van der Waals surface area contributed by atoms with Crippen LogP contribution in [0.3, 0.4) is 0 Å². The smallest absolute Gasteiger partial charge is 0.246 e. The van der Waals surface area contributed by atoms with Gasteiger partial charge in [0.2, 0.25) is 5.70 Å². The molecule has 0 aromatic rings. The van der Waals surface area contributed by atoms with Gasteiger partial charge in [0.25, 0.3) is 0 Å². The fraction of sp³-hybridized carbons (Fsp3) is 0.591. The molecule has 4 heteroatoms. The summed E-state index contributed by atoms with van der Waals surface area (Å²) in [5.41, 5.74) is 0.263. The van der Waals surface area contributed by atoms with Crippen LogP contribution in [-0.2, 0) is 4.79 Å². The average Bonchev–Trinajstić information content (AvgIpc) is 2.63. The third-order valence-corrected chi connectivity index (χ3v) is 3.99. The van der Waals surface area contributed by atoms with E-state index in [2.05, 4.69) is 25.2 Å². The number of allylic oxidation sites excluding steroid dienone is 7. The molecule has 0 amide bonds. The van der Waals surface area contributed by atoms with Crippen LogP contribution in [0.5, 0.6) is 0 Å². The van der Waals surface area contributed by atoms with Crippen molar-refractivity contribution in [2.75, 3.05) is 0 Å². The summed E-state index contributed by atoms with van der Waals surface area (Å²) in [4.78, 5) is 21.0. The Morgan fingerprint density at radius 3 is 2.08 bits per heavy atom. The molecule has 26 heavy (non-hydrogen) atoms. The molecule has 0 saturated carbocycles. The fourth-order valence-corrected chi connectivity index (χ4v) is 2.42. The summed E-state index contributed by atoms with van der Waals surface area (Å²) in [7, 11) is 0. The van der Waals surface area contributed by atoms with Crippen LogP contribution < -0.4 is 0 Å². The minimum Gasteiger partial charge on any atom is -0.303 e. The topological polar surface area (TPSA) is 60.2 Å². The van der Waals surface area contributed by atoms with Gasteiger partial charge in [0.05, 0.1) is 11.3 Å². The number of carbonyl (C=O) groups excluding carboxylic acids is 1. The van der Waals surface area contributed by atoms with E-state index in [0.29, 0.717) is 19.3 Å². The average molecular weight is 362 g/mol. The van der Waals surface area contributed by atoms with Gasteiger partial charge in [-0.15, -0.1) is 0 Å². The number of nitrogens with zero attached hydrogens (tertiary/aromatic N) is 1. The van der Waals surface area contributed by atoms with Gasteiger partial charge in [-0.25, -0.2) is 0 Å². The van der Waals surface area contributed by atoms with Gasteiger partial charge in [-0.05, 0) is 51.0 Å². The van der Waals surface area contributed by atoms with Gasteiger partial charge in [-0.1, -0.05) is 62.6 Å². The van der Waals surface area contributed by atoms with E-state index in [1.54, 1.807) is 6.08 Å². The Balaban J connectivity index is 3.93. The fourth-order valence-electron chi connectivity index (χ4n) is 2.42. The molecule has 0 aromatic carbocycles. The van der Waals surface area contributed by atoms with E-state index in [-0.39, 0.29) is 10.6 Å². The van der Waals surface area contributed by atoms with Gasteiger partial charge in [-0.3, -0.25) is 10.1 Å². The van der Waals surface area contributed by atoms with Gasteiger partial charge in [0.15, 0.2) is 0 Å². The molecule has 0 fully saturated rings. The number of aldehydes is 1. The number of unbranched alkanes of at least 4 members (excludes halogenated alkanes) is 7. The van der Waals surface area contributed by atoms with Crippen LogP contribution in [0.15, 0.2) is 48.2 Å². The molecule has 0 bridgehead atoms. The molecular formula is C22H35NO3. The summed E-state index contributed by atoms with van der Waals surface area (Å²) in [6.45, 7) is 2.18. The molecule has 0 atom stereocenters. The van der Waals surface area contributed by atoms with Crippen molar-refractivity contribution in [3.63, 3.8) is 0 Å². The predicted octanol–water partition coefficient (Wildman–Crippen LogP) is 6.72. The normalized spacial score (nSPS) is 12.6. The first kappa shape index (κ1) is 24.0. The van der Waals surface area contributed by atoms with Crippen molar-refractivity contribution in [3.05, 3.63) is 58.3 Å². The Morgan fingerprint density at radius 2 is 1.42 bits per heavy atom. The van der Waals surface area contributed by atoms with Crippen LogP contribution in [-0.4, -0.2) is 11.2 Å². The van der Waals surface area contributed by atoms with Gasteiger partial charge >= 0.3 is 0 Å². The highest BCUT2D eigenvalue weighted by Crippen LogP contribution is 2.08. The third kappa shape index (κ3) is 16.9. The van der Waals surface area contributed by atoms with Crippen molar-refractivity contribution < 1.29 is 9.72 Å². The van der Waals surface area contributed by atoms with Crippen molar-refractivity contribution in [3.8, 4) is 0 Å². The van der Waals surface area contributed by atoms with Crippen LogP contribution in [0.4, 0.5) is 0 Å². The van der Waals surface area contributed by atoms with E-state index in [0.717, 1.165) is 44.8 Å². The second-order valence-corrected chi connectivity index (χ2v) is 6.34. The molecule has 0 saturated heterocycles. The maximum atomic E-state index is 11.1. The van der Waals surface area contributed by atoms with Crippen molar-refractivity contribution in [1.82, 2.24) is 0 Å². The molecular weight excluding hydrogens is 326 g/mol. The second kappa shape index (κ2) is 19.4. The van der Waals surface area contributed by atoms with E-state index in [4.69, 9.17) is 0 Å². The Labute approximate surface area is 158 Å². The van der Waals surface area contributed by atoms with Crippen LogP contribution in [0.1, 0.15) is 84.0 Å². The molecule has 0 aliphatic carbocycles. The lowest BCUT2D eigenvalue weighted by Gasteiger charge is -1.94. The maximum Gasteiger partial charge on any atom is 0.246 e. The lowest BCUT2D eigenvalue weighted by atomic mass is 10.1. The Hall–Kier alpha value is -1.97. The van der Waals surface area contributed by atoms with Gasteiger partial charge in [-0.2, -0.15) is 0 Å². The largest absolute Gasteiger partial charge is 0.303 e. The summed E-state index contributed by atoms with van der Waals surface area (Å²) >= 11 is 0. The predicted molar refractivity (Wildman–Crippen MR) is 110 cm³/mol. The standard InChI is InChI=1S/C22H35NO3/c1-2-3-4-5-10-13-16-19-22(23(25)26)20-17-14-11-8-6-7-9-12-15-18-21-24/h6,8,10,13-14,17,19,21H,2-5,7,9,11-12,15-16,18,20H2,1H3/b8-6-,13-10-,17-14-,22-19+. The van der Waals surface area contributed by atoms with Crippen LogP contribution in [0, 0.1) is 10.1 Å². The monoisotopic (exact) mass is 361 g/mol. The lowest BCUT2D eigenvalue weighted by molar-refractivity contribution is -0.427. The third-order valence-electron chi connectivity index (χ3n) is 3.99. The first-order valence-electron chi connectivity index (χ1n) is 9.94. The highest BCUT2D eigenvalue weighted by atomic mass is 16.6. The van der Waals surface area contributed by atoms with E-state index in [1.165, 1.54) is 19.3 Å². The number of hydrogen-bond acceptors (Lipinski definition) is 3. The lowest BCUT2D eigenvalue weighted by Crippen LogP contribution is -1.97. The molecule has 146 valence electrons. The quantitative estimate of drug-likeness (QED) is 0.0950. The summed E-state index contributed by atoms with van der Waals surface area (Å²) in [5, 5.41) is 11.1. The number of nitro groups is 1. The first-order chi connectivity index (χ1) is 12.7. The zero-order valence-corrected chi connectivity index (χ0v) is 16.3. The van der Waals surface area contributed by atoms with Crippen molar-refractivity contribution in [2.45, 2.75) is 84.0 Å². The molecule has 0 aromatic heterocycles. The van der Waals surface area contributed by atoms with Gasteiger partial charge in [0.1, 0.15) is 6.29 Å². The second-order valence-electron chi connectivity index (χ2n) is 6.34. The maximum absolute atomic E-state index is 11.1. The van der Waals surface area contributed by atoms with Crippen LogP contribution in [0.2, 0.25) is 0 Å². The van der Waals surface area contributed by atoms with E-state index < -0.39 is 0 Å². The minimum atomic E-state index is -0.287. The molecule has 0 heterocycles. The van der Waals surface area contributed by atoms with Crippen molar-refractivity contribution >= 4 is 6.29 Å². The van der Waals surface area contributed by atoms with Crippen LogP contribution >= 0.6 is 0 Å².